The standard InChI is InChI=1S/C17H24ClFN2O/c1-20(2)14-5-8-22-17(10-14)6-7-21(12-17)11-13-3-4-15(18)16(19)9-13/h3-4,9,14H,5-8,10-12H2,1-2H3/t14-,17-/m1/s1. The summed E-state index contributed by atoms with van der Waals surface area (Å²) in [5, 5.41) is 0.186. The molecule has 5 heteroatoms. The average molecular weight is 327 g/mol. The number of hydrogen-bond donors (Lipinski definition) is 0. The first-order valence-electron chi connectivity index (χ1n) is 7.94. The molecule has 0 unspecified atom stereocenters. The van der Waals surface area contributed by atoms with Gasteiger partial charge in [0.15, 0.2) is 0 Å². The SMILES string of the molecule is CN(C)[C@@H]1CCO[C@]2(CCN(Cc3ccc(Cl)c(F)c3)C2)C1. The first kappa shape index (κ1) is 16.2. The summed E-state index contributed by atoms with van der Waals surface area (Å²) >= 11 is 5.75. The number of nitrogens with zero attached hydrogens (tertiary/aromatic N) is 2. The summed E-state index contributed by atoms with van der Waals surface area (Å²) < 4.78 is 19.7. The molecule has 0 aliphatic carbocycles. The largest absolute Gasteiger partial charge is 0.373 e. The number of hydrogen-bond acceptors (Lipinski definition) is 3. The van der Waals surface area contributed by atoms with Crippen LogP contribution < -0.4 is 0 Å². The van der Waals surface area contributed by atoms with E-state index in [0.717, 1.165) is 51.1 Å². The van der Waals surface area contributed by atoms with Crippen LogP contribution in [0, 0.1) is 5.82 Å². The Morgan fingerprint density at radius 1 is 1.45 bits per heavy atom. The van der Waals surface area contributed by atoms with Crippen LogP contribution in [0.25, 0.3) is 0 Å². The van der Waals surface area contributed by atoms with E-state index in [4.69, 9.17) is 16.3 Å². The van der Waals surface area contributed by atoms with Crippen LogP contribution in [0.4, 0.5) is 4.39 Å². The Morgan fingerprint density at radius 2 is 2.27 bits per heavy atom. The number of ether oxygens (including phenoxy) is 1. The predicted octanol–water partition coefficient (Wildman–Crippen LogP) is 3.16. The van der Waals surface area contributed by atoms with Crippen LogP contribution in [-0.2, 0) is 11.3 Å². The van der Waals surface area contributed by atoms with Gasteiger partial charge in [0.2, 0.25) is 0 Å². The molecule has 1 aromatic rings. The van der Waals surface area contributed by atoms with Crippen molar-refractivity contribution in [3.8, 4) is 0 Å². The fraction of sp³-hybridized carbons (Fsp3) is 0.647. The zero-order valence-electron chi connectivity index (χ0n) is 13.3. The van der Waals surface area contributed by atoms with Gasteiger partial charge >= 0.3 is 0 Å². The molecule has 1 spiro atoms. The van der Waals surface area contributed by atoms with Gasteiger partial charge in [-0.3, -0.25) is 4.90 Å². The van der Waals surface area contributed by atoms with E-state index in [1.807, 2.05) is 6.07 Å². The molecule has 2 heterocycles. The van der Waals surface area contributed by atoms with Crippen LogP contribution in [0.2, 0.25) is 5.02 Å². The Balaban J connectivity index is 1.63. The van der Waals surface area contributed by atoms with Crippen molar-refractivity contribution in [2.45, 2.75) is 37.5 Å². The molecule has 3 rings (SSSR count). The molecule has 2 atom stereocenters. The summed E-state index contributed by atoms with van der Waals surface area (Å²) in [7, 11) is 4.29. The van der Waals surface area contributed by atoms with Gasteiger partial charge in [-0.05, 0) is 51.1 Å². The maximum Gasteiger partial charge on any atom is 0.142 e. The van der Waals surface area contributed by atoms with Gasteiger partial charge in [-0.2, -0.15) is 0 Å². The zero-order chi connectivity index (χ0) is 15.7. The Labute approximate surface area is 137 Å². The van der Waals surface area contributed by atoms with Crippen LogP contribution in [-0.4, -0.2) is 55.2 Å². The number of benzene rings is 1. The van der Waals surface area contributed by atoms with Crippen molar-refractivity contribution >= 4 is 11.6 Å². The predicted molar refractivity (Wildman–Crippen MR) is 86.7 cm³/mol. The molecular formula is C17H24ClFN2O. The fourth-order valence-electron chi connectivity index (χ4n) is 3.69. The normalized spacial score (nSPS) is 29.6. The summed E-state index contributed by atoms with van der Waals surface area (Å²) in [5.74, 6) is -0.338. The van der Waals surface area contributed by atoms with Crippen LogP contribution >= 0.6 is 11.6 Å². The molecule has 0 aromatic heterocycles. The minimum Gasteiger partial charge on any atom is -0.373 e. The van der Waals surface area contributed by atoms with Gasteiger partial charge in [-0.25, -0.2) is 4.39 Å². The highest BCUT2D eigenvalue weighted by atomic mass is 35.5. The maximum absolute atomic E-state index is 13.6. The third kappa shape index (κ3) is 3.46. The highest BCUT2D eigenvalue weighted by Gasteiger charge is 2.43. The lowest BCUT2D eigenvalue weighted by Crippen LogP contribution is -2.48. The Bertz CT molecular complexity index is 539. The minimum atomic E-state index is -0.338. The molecule has 2 aliphatic heterocycles. The molecule has 2 aliphatic rings. The van der Waals surface area contributed by atoms with E-state index in [2.05, 4.69) is 23.9 Å². The van der Waals surface area contributed by atoms with E-state index in [-0.39, 0.29) is 16.4 Å². The topological polar surface area (TPSA) is 15.7 Å². The van der Waals surface area contributed by atoms with E-state index >= 15 is 0 Å². The lowest BCUT2D eigenvalue weighted by atomic mass is 9.89. The molecule has 0 amide bonds. The van der Waals surface area contributed by atoms with Gasteiger partial charge in [0.05, 0.1) is 10.6 Å². The van der Waals surface area contributed by atoms with Crippen molar-refractivity contribution in [2.75, 3.05) is 33.8 Å². The smallest absolute Gasteiger partial charge is 0.142 e. The molecule has 0 bridgehead atoms. The van der Waals surface area contributed by atoms with Gasteiger partial charge in [0.25, 0.3) is 0 Å². The van der Waals surface area contributed by atoms with Crippen molar-refractivity contribution in [2.24, 2.45) is 0 Å². The number of halogens is 2. The van der Waals surface area contributed by atoms with Crippen molar-refractivity contribution in [1.82, 2.24) is 9.80 Å². The van der Waals surface area contributed by atoms with Gasteiger partial charge in [-0.15, -0.1) is 0 Å². The van der Waals surface area contributed by atoms with Crippen molar-refractivity contribution in [1.29, 1.82) is 0 Å². The van der Waals surface area contributed by atoms with E-state index in [0.29, 0.717) is 6.04 Å². The molecule has 1 aromatic carbocycles. The first-order valence-corrected chi connectivity index (χ1v) is 8.32. The van der Waals surface area contributed by atoms with Gasteiger partial charge in [0.1, 0.15) is 5.82 Å². The van der Waals surface area contributed by atoms with Gasteiger partial charge < -0.3 is 9.64 Å². The Kier molecular flexibility index (Phi) is 4.74. The molecule has 0 N–H and O–H groups in total. The molecule has 2 fully saturated rings. The minimum absolute atomic E-state index is 0.0157. The quantitative estimate of drug-likeness (QED) is 0.848. The van der Waals surface area contributed by atoms with Crippen molar-refractivity contribution in [3.63, 3.8) is 0 Å². The van der Waals surface area contributed by atoms with Gasteiger partial charge in [0, 0.05) is 32.3 Å². The monoisotopic (exact) mass is 326 g/mol. The van der Waals surface area contributed by atoms with Crippen LogP contribution in [0.5, 0.6) is 0 Å². The molecule has 3 nitrogen and oxygen atoms in total. The number of likely N-dealkylation sites (tertiary alicyclic amines) is 1. The van der Waals surface area contributed by atoms with Crippen LogP contribution in [0.1, 0.15) is 24.8 Å². The van der Waals surface area contributed by atoms with E-state index in [1.165, 1.54) is 6.07 Å². The highest BCUT2D eigenvalue weighted by molar-refractivity contribution is 6.30. The molecule has 122 valence electrons. The van der Waals surface area contributed by atoms with Crippen LogP contribution in [0.15, 0.2) is 18.2 Å². The molecular weight excluding hydrogens is 303 g/mol. The summed E-state index contributed by atoms with van der Waals surface area (Å²) in [6, 6.07) is 5.68. The Morgan fingerprint density at radius 3 is 3.00 bits per heavy atom. The van der Waals surface area contributed by atoms with Crippen molar-refractivity contribution < 1.29 is 9.13 Å². The van der Waals surface area contributed by atoms with E-state index in [9.17, 15) is 4.39 Å². The molecule has 2 saturated heterocycles. The highest BCUT2D eigenvalue weighted by Crippen LogP contribution is 2.36. The zero-order valence-corrected chi connectivity index (χ0v) is 14.1. The summed E-state index contributed by atoms with van der Waals surface area (Å²) in [5.41, 5.74) is 0.956. The molecule has 0 radical (unpaired) electrons. The third-order valence-electron chi connectivity index (χ3n) is 4.98. The maximum atomic E-state index is 13.6. The van der Waals surface area contributed by atoms with E-state index in [1.54, 1.807) is 6.07 Å². The second-order valence-corrected chi connectivity index (χ2v) is 7.26. The average Bonchev–Trinajstić information content (AvgIpc) is 2.85. The van der Waals surface area contributed by atoms with Crippen molar-refractivity contribution in [3.05, 3.63) is 34.6 Å². The second-order valence-electron chi connectivity index (χ2n) is 6.85. The molecule has 22 heavy (non-hydrogen) atoms. The second kappa shape index (κ2) is 6.44. The number of rotatable bonds is 3. The van der Waals surface area contributed by atoms with E-state index < -0.39 is 0 Å². The Hall–Kier alpha value is -0.680. The van der Waals surface area contributed by atoms with Crippen LogP contribution in [0.3, 0.4) is 0 Å². The summed E-state index contributed by atoms with van der Waals surface area (Å²) in [4.78, 5) is 4.67. The summed E-state index contributed by atoms with van der Waals surface area (Å²) in [6.07, 6.45) is 3.26. The first-order chi connectivity index (χ1) is 10.5. The van der Waals surface area contributed by atoms with Gasteiger partial charge in [-0.1, -0.05) is 17.7 Å². The summed E-state index contributed by atoms with van der Waals surface area (Å²) in [6.45, 7) is 3.53. The lowest BCUT2D eigenvalue weighted by molar-refractivity contribution is -0.0932. The molecule has 0 saturated carbocycles. The fourth-order valence-corrected chi connectivity index (χ4v) is 3.80. The third-order valence-corrected chi connectivity index (χ3v) is 5.29. The lowest BCUT2D eigenvalue weighted by Gasteiger charge is -2.40.